The zero-order valence-corrected chi connectivity index (χ0v) is 18.2. The number of thioether (sulfide) groups is 1. The van der Waals surface area contributed by atoms with Crippen LogP contribution in [0.3, 0.4) is 0 Å². The van der Waals surface area contributed by atoms with Gasteiger partial charge in [-0.2, -0.15) is 13.2 Å². The third kappa shape index (κ3) is 5.55. The zero-order chi connectivity index (χ0) is 22.7. The second kappa shape index (κ2) is 9.41. The van der Waals surface area contributed by atoms with Crippen molar-refractivity contribution in [3.63, 3.8) is 0 Å². The summed E-state index contributed by atoms with van der Waals surface area (Å²) in [6, 6.07) is 11.9. The van der Waals surface area contributed by atoms with Gasteiger partial charge in [0.2, 0.25) is 5.91 Å². The summed E-state index contributed by atoms with van der Waals surface area (Å²) >= 11 is 7.29. The Balaban J connectivity index is 1.38. The van der Waals surface area contributed by atoms with Gasteiger partial charge in [0.05, 0.1) is 16.3 Å². The highest BCUT2D eigenvalue weighted by molar-refractivity contribution is 7.99. The number of rotatable bonds is 8. The van der Waals surface area contributed by atoms with Gasteiger partial charge in [-0.3, -0.25) is 9.36 Å². The van der Waals surface area contributed by atoms with E-state index in [2.05, 4.69) is 15.5 Å². The zero-order valence-electron chi connectivity index (χ0n) is 16.6. The lowest BCUT2D eigenvalue weighted by Gasteiger charge is -2.11. The quantitative estimate of drug-likeness (QED) is 0.423. The summed E-state index contributed by atoms with van der Waals surface area (Å²) in [5, 5.41) is 11.9. The fraction of sp³-hybridized carbons (Fsp3) is 0.286. The highest BCUT2D eigenvalue weighted by Crippen LogP contribution is 2.39. The Labute approximate surface area is 191 Å². The maximum Gasteiger partial charge on any atom is 0.416 e. The van der Waals surface area contributed by atoms with Gasteiger partial charge in [0.1, 0.15) is 12.4 Å². The number of alkyl halides is 3. The highest BCUT2D eigenvalue weighted by Gasteiger charge is 2.31. The number of aromatic nitrogens is 3. The van der Waals surface area contributed by atoms with E-state index in [0.717, 1.165) is 25.0 Å². The minimum Gasteiger partial charge on any atom is -0.484 e. The van der Waals surface area contributed by atoms with Crippen LogP contribution in [0.5, 0.6) is 5.75 Å². The molecular weight excluding hydrogens is 465 g/mol. The normalized spacial score (nSPS) is 13.8. The molecule has 1 saturated carbocycles. The number of hydrogen-bond donors (Lipinski definition) is 1. The van der Waals surface area contributed by atoms with Crippen LogP contribution >= 0.6 is 23.4 Å². The Morgan fingerprint density at radius 2 is 1.97 bits per heavy atom. The molecule has 1 aromatic heterocycles. The van der Waals surface area contributed by atoms with Crippen molar-refractivity contribution in [2.75, 3.05) is 11.1 Å². The first-order valence-electron chi connectivity index (χ1n) is 9.72. The number of carbonyl (C=O) groups is 1. The van der Waals surface area contributed by atoms with Crippen LogP contribution in [0.15, 0.2) is 53.7 Å². The molecule has 1 aliphatic rings. The third-order valence-corrected chi connectivity index (χ3v) is 5.90. The SMILES string of the molecule is O=C(CSc1nnc(COc2ccccc2Cl)n1C1CC1)Nc1cccc(C(F)(F)F)c1. The number of nitrogens with one attached hydrogen (secondary N) is 1. The van der Waals surface area contributed by atoms with E-state index in [9.17, 15) is 18.0 Å². The van der Waals surface area contributed by atoms with Crippen LogP contribution in [0.1, 0.15) is 30.3 Å². The summed E-state index contributed by atoms with van der Waals surface area (Å²) in [7, 11) is 0. The Morgan fingerprint density at radius 3 is 2.69 bits per heavy atom. The Hall–Kier alpha value is -2.72. The lowest BCUT2D eigenvalue weighted by atomic mass is 10.2. The van der Waals surface area contributed by atoms with E-state index in [1.54, 1.807) is 18.2 Å². The molecule has 3 aromatic rings. The molecule has 2 aromatic carbocycles. The fourth-order valence-corrected chi connectivity index (χ4v) is 4.02. The first kappa shape index (κ1) is 22.5. The van der Waals surface area contributed by atoms with E-state index < -0.39 is 17.6 Å². The number of anilines is 1. The molecule has 1 amide bonds. The summed E-state index contributed by atoms with van der Waals surface area (Å²) in [5.74, 6) is 0.697. The van der Waals surface area contributed by atoms with Gasteiger partial charge >= 0.3 is 6.18 Å². The van der Waals surface area contributed by atoms with Crippen LogP contribution in [-0.2, 0) is 17.6 Å². The molecule has 1 heterocycles. The maximum atomic E-state index is 12.8. The number of carbonyl (C=O) groups excluding carboxylic acids is 1. The fourth-order valence-electron chi connectivity index (χ4n) is 3.01. The number of nitrogens with zero attached hydrogens (tertiary/aromatic N) is 3. The van der Waals surface area contributed by atoms with Gasteiger partial charge in [0, 0.05) is 11.7 Å². The van der Waals surface area contributed by atoms with E-state index in [4.69, 9.17) is 16.3 Å². The van der Waals surface area contributed by atoms with Crippen LogP contribution in [0.25, 0.3) is 0 Å². The molecule has 6 nitrogen and oxygen atoms in total. The summed E-state index contributed by atoms with van der Waals surface area (Å²) in [5.41, 5.74) is -0.734. The van der Waals surface area contributed by atoms with Crippen molar-refractivity contribution in [1.82, 2.24) is 14.8 Å². The van der Waals surface area contributed by atoms with Crippen molar-refractivity contribution < 1.29 is 22.7 Å². The van der Waals surface area contributed by atoms with Crippen molar-refractivity contribution in [2.24, 2.45) is 0 Å². The largest absolute Gasteiger partial charge is 0.484 e. The molecule has 0 unspecified atom stereocenters. The number of amides is 1. The minimum absolute atomic E-state index is 0.0214. The number of halogens is 4. The molecule has 0 spiro atoms. The molecule has 1 fully saturated rings. The number of ether oxygens (including phenoxy) is 1. The van der Waals surface area contributed by atoms with E-state index in [0.29, 0.717) is 21.8 Å². The lowest BCUT2D eigenvalue weighted by Crippen LogP contribution is -2.15. The topological polar surface area (TPSA) is 69.0 Å². The van der Waals surface area contributed by atoms with Crippen LogP contribution in [-0.4, -0.2) is 26.4 Å². The number of hydrogen-bond acceptors (Lipinski definition) is 5. The van der Waals surface area contributed by atoms with E-state index >= 15 is 0 Å². The van der Waals surface area contributed by atoms with Gasteiger partial charge in [-0.1, -0.05) is 41.6 Å². The van der Waals surface area contributed by atoms with Gasteiger partial charge < -0.3 is 10.1 Å². The monoisotopic (exact) mass is 482 g/mol. The highest BCUT2D eigenvalue weighted by atomic mass is 35.5. The molecule has 0 saturated heterocycles. The molecular formula is C21H18ClF3N4O2S. The Bertz CT molecular complexity index is 1120. The van der Waals surface area contributed by atoms with Gasteiger partial charge in [0.25, 0.3) is 0 Å². The Morgan fingerprint density at radius 1 is 1.19 bits per heavy atom. The molecule has 32 heavy (non-hydrogen) atoms. The second-order valence-electron chi connectivity index (χ2n) is 7.13. The maximum absolute atomic E-state index is 12.8. The van der Waals surface area contributed by atoms with Gasteiger partial charge in [-0.25, -0.2) is 0 Å². The van der Waals surface area contributed by atoms with Gasteiger partial charge in [-0.15, -0.1) is 10.2 Å². The van der Waals surface area contributed by atoms with Crippen molar-refractivity contribution in [2.45, 2.75) is 36.8 Å². The van der Waals surface area contributed by atoms with Crippen LogP contribution in [0.4, 0.5) is 18.9 Å². The van der Waals surface area contributed by atoms with Crippen LogP contribution < -0.4 is 10.1 Å². The predicted molar refractivity (Wildman–Crippen MR) is 115 cm³/mol. The molecule has 1 aliphatic carbocycles. The summed E-state index contributed by atoms with van der Waals surface area (Å²) in [6.07, 6.45) is -2.53. The minimum atomic E-state index is -4.47. The average Bonchev–Trinajstić information content (AvgIpc) is 3.51. The van der Waals surface area contributed by atoms with Crippen molar-refractivity contribution in [1.29, 1.82) is 0 Å². The molecule has 11 heteroatoms. The third-order valence-electron chi connectivity index (χ3n) is 4.65. The summed E-state index contributed by atoms with van der Waals surface area (Å²) in [4.78, 5) is 12.3. The van der Waals surface area contributed by atoms with Crippen molar-refractivity contribution in [3.05, 3.63) is 64.9 Å². The van der Waals surface area contributed by atoms with E-state index in [-0.39, 0.29) is 24.1 Å². The smallest absolute Gasteiger partial charge is 0.416 e. The molecule has 1 N–H and O–H groups in total. The number of benzene rings is 2. The summed E-state index contributed by atoms with van der Waals surface area (Å²) in [6.45, 7) is 0.171. The van der Waals surface area contributed by atoms with Crippen LogP contribution in [0.2, 0.25) is 5.02 Å². The molecule has 0 bridgehead atoms. The van der Waals surface area contributed by atoms with Crippen LogP contribution in [0, 0.1) is 0 Å². The number of para-hydroxylation sites is 1. The van der Waals surface area contributed by atoms with Crippen molar-refractivity contribution in [3.8, 4) is 5.75 Å². The second-order valence-corrected chi connectivity index (χ2v) is 8.48. The Kier molecular flexibility index (Phi) is 6.61. The molecule has 0 radical (unpaired) electrons. The van der Waals surface area contributed by atoms with E-state index in [1.165, 1.54) is 23.9 Å². The molecule has 4 rings (SSSR count). The standard InChI is InChI=1S/C21H18ClF3N4O2S/c22-16-6-1-2-7-17(16)31-11-18-27-28-20(29(18)15-8-9-15)32-12-19(30)26-14-5-3-4-13(10-14)21(23,24)25/h1-7,10,15H,8-9,11-12H2,(H,26,30). The van der Waals surface area contributed by atoms with Gasteiger partial charge in [0.15, 0.2) is 11.0 Å². The summed E-state index contributed by atoms with van der Waals surface area (Å²) < 4.78 is 46.2. The lowest BCUT2D eigenvalue weighted by molar-refractivity contribution is -0.137. The average molecular weight is 483 g/mol. The first-order chi connectivity index (χ1) is 15.3. The van der Waals surface area contributed by atoms with Gasteiger partial charge in [-0.05, 0) is 43.2 Å². The predicted octanol–water partition coefficient (Wildman–Crippen LogP) is 5.60. The first-order valence-corrected chi connectivity index (χ1v) is 11.1. The molecule has 0 atom stereocenters. The van der Waals surface area contributed by atoms with E-state index in [1.807, 2.05) is 10.6 Å². The van der Waals surface area contributed by atoms with Crippen molar-refractivity contribution >= 4 is 35.0 Å². The molecule has 0 aliphatic heterocycles. The molecule has 168 valence electrons.